The summed E-state index contributed by atoms with van der Waals surface area (Å²) in [6, 6.07) is 55.2. The third-order valence-corrected chi connectivity index (χ3v) is 26.0. The van der Waals surface area contributed by atoms with Crippen molar-refractivity contribution >= 4 is 156 Å². The van der Waals surface area contributed by atoms with E-state index in [4.69, 9.17) is 23.7 Å². The normalized spacial score (nSPS) is 15.8. The summed E-state index contributed by atoms with van der Waals surface area (Å²) in [5.74, 6) is -2.78. The van der Waals surface area contributed by atoms with E-state index >= 15 is 28.8 Å². The van der Waals surface area contributed by atoms with Crippen LogP contribution in [-0.4, -0.2) is 85.0 Å². The third-order valence-electron chi connectivity index (χ3n) is 26.0. The number of hydrogen-bond donors (Lipinski definition) is 0. The highest BCUT2D eigenvalue weighted by Gasteiger charge is 2.45. The van der Waals surface area contributed by atoms with Gasteiger partial charge in [-0.2, -0.15) is 0 Å². The maximum atomic E-state index is 16.7. The van der Waals surface area contributed by atoms with Gasteiger partial charge in [-0.25, -0.2) is 19.4 Å². The van der Waals surface area contributed by atoms with E-state index in [1.54, 1.807) is 60.7 Å². The summed E-state index contributed by atoms with van der Waals surface area (Å²) >= 11 is 0. The number of nitrogens with zero attached hydrogens (tertiary/aromatic N) is 5. The molecule has 0 aromatic heterocycles. The van der Waals surface area contributed by atoms with E-state index < -0.39 is 47.4 Å². The Morgan fingerprint density at radius 2 is 0.569 bits per heavy atom. The molecule has 2 saturated heterocycles. The van der Waals surface area contributed by atoms with E-state index in [2.05, 4.69) is 92.9 Å². The molecule has 18 heteroatoms. The highest BCUT2D eigenvalue weighted by atomic mass is 16.6. The second-order valence-electron chi connectivity index (χ2n) is 37.9. The maximum absolute atomic E-state index is 16.7. The number of benzene rings is 15. The summed E-state index contributed by atoms with van der Waals surface area (Å²) in [5, 5.41) is 8.48. The summed E-state index contributed by atoms with van der Waals surface area (Å²) in [4.78, 5) is 132. The van der Waals surface area contributed by atoms with Crippen LogP contribution in [-0.2, 0) is 26.4 Å². The Balaban J connectivity index is 0.788. The van der Waals surface area contributed by atoms with E-state index in [0.29, 0.717) is 108 Å². The third kappa shape index (κ3) is 11.7. The largest absolute Gasteiger partial charge is 0.457 e. The van der Waals surface area contributed by atoms with Crippen molar-refractivity contribution in [3.63, 3.8) is 0 Å². The summed E-state index contributed by atoms with van der Waals surface area (Å²) in [6.07, 6.45) is 4.15. The molecular formula is C105H89N5O13. The molecule has 0 saturated carbocycles. The number of cyclic esters (lactones) is 2. The van der Waals surface area contributed by atoms with Crippen molar-refractivity contribution in [1.29, 1.82) is 0 Å². The number of amides is 6. The van der Waals surface area contributed by atoms with Crippen LogP contribution in [0.4, 0.5) is 22.7 Å². The molecule has 6 aliphatic rings. The van der Waals surface area contributed by atoms with Gasteiger partial charge >= 0.3 is 11.9 Å². The van der Waals surface area contributed by atoms with Gasteiger partial charge in [0.25, 0.3) is 35.4 Å². The van der Waals surface area contributed by atoms with Crippen LogP contribution in [0.1, 0.15) is 227 Å². The molecule has 15 aromatic rings. The lowest BCUT2D eigenvalue weighted by atomic mass is 9.80. The predicted molar refractivity (Wildman–Crippen MR) is 483 cm³/mol. The lowest BCUT2D eigenvalue weighted by Crippen LogP contribution is -2.41. The molecule has 2 fully saturated rings. The first-order chi connectivity index (χ1) is 58.8. The first-order valence-corrected chi connectivity index (χ1v) is 42.6. The summed E-state index contributed by atoms with van der Waals surface area (Å²) in [7, 11) is 0. The van der Waals surface area contributed by atoms with Crippen molar-refractivity contribution in [1.82, 2.24) is 4.90 Å². The molecule has 6 heterocycles. The van der Waals surface area contributed by atoms with Crippen LogP contribution in [0, 0.1) is 0 Å². The van der Waals surface area contributed by atoms with Gasteiger partial charge in [-0.3, -0.25) is 33.7 Å². The van der Waals surface area contributed by atoms with Crippen molar-refractivity contribution in [3.8, 4) is 46.0 Å². The standard InChI is InChI=1S/C105H89N5O13/c1-14-43-108-94(111)69-50-76(119-60-31-19-54(20-32-60)102(2,3)4)88-90-78(121-62-35-23-56(24-36-62)104(8,9)10)52-71-83-72(53-79(122-63-37-25-57(26-38-63)105(11,12)13)91(93(83)90)89-77(51-70(95(108)112)82(69)92(88)89)120-61-33-21-55(22-34-61)103(5,6)7)99(116)110(98(71)115)59-29-27-58(28-30-59)109-96(113)66-41-39-64-85-75(107-46-17-18-47-107)49-73-81-67(100(117)123-101(73)118)42-40-65(87(81)85)84-74(106-44-15-16-45-106)48-68(97(109)114)80(66)86(64)84/h19-42,48-53H,14-18,43-47H2,1-13H3. The predicted octanol–water partition coefficient (Wildman–Crippen LogP) is 24.3. The van der Waals surface area contributed by atoms with Crippen LogP contribution >= 0.6 is 0 Å². The average Bonchev–Trinajstić information content (AvgIpc) is 1.20. The van der Waals surface area contributed by atoms with Crippen LogP contribution < -0.4 is 38.5 Å². The molecule has 15 aromatic carbocycles. The quantitative estimate of drug-likeness (QED) is 0.0327. The molecule has 0 N–H and O–H groups in total. The molecule has 0 aliphatic carbocycles. The summed E-state index contributed by atoms with van der Waals surface area (Å²) in [6.45, 7) is 30.4. The van der Waals surface area contributed by atoms with Crippen molar-refractivity contribution in [2.75, 3.05) is 52.3 Å². The first-order valence-electron chi connectivity index (χ1n) is 42.6. The summed E-state index contributed by atoms with van der Waals surface area (Å²) < 4.78 is 34.9. The zero-order chi connectivity index (χ0) is 85.4. The number of rotatable bonds is 14. The fourth-order valence-corrected chi connectivity index (χ4v) is 19.8. The topological polar surface area (TPSA) is 199 Å². The van der Waals surface area contributed by atoms with Gasteiger partial charge < -0.3 is 33.5 Å². The molecule has 123 heavy (non-hydrogen) atoms. The molecule has 0 spiro atoms. The fourth-order valence-electron chi connectivity index (χ4n) is 19.8. The van der Waals surface area contributed by atoms with Gasteiger partial charge in [0.2, 0.25) is 0 Å². The van der Waals surface area contributed by atoms with Crippen molar-refractivity contribution < 1.29 is 62.0 Å². The molecule has 0 atom stereocenters. The van der Waals surface area contributed by atoms with Crippen LogP contribution in [0.3, 0.4) is 0 Å². The Kier molecular flexibility index (Phi) is 16.9. The SMILES string of the molecule is CCCN1C(=O)c2cc(Oc3ccc(C(C)(C)C)cc3)c3c4c(Oc5ccc(C(C)(C)C)cc5)cc5c6c(cc(Oc7ccc(C(C)(C)C)cc7)c(c7c(Oc8ccc(C(C)(C)C)cc8)cc(c2c37)C1=O)c64)C(=O)N(c1ccc(N2C(=O)c3ccc4c6c(N7CCCC7)cc7c8c(ccc(c9c(N%10CCCC%10)cc(c3c49)C2=O)c86)C(=O)OC7=O)cc1)C5=O. The minimum Gasteiger partial charge on any atom is -0.457 e. The number of hydrogen-bond acceptors (Lipinski definition) is 15. The highest BCUT2D eigenvalue weighted by molar-refractivity contribution is 6.49. The molecule has 6 aliphatic heterocycles. The number of carbonyl (C=O) groups is 8. The molecule has 21 rings (SSSR count). The van der Waals surface area contributed by atoms with Gasteiger partial charge in [-0.05, 0) is 208 Å². The molecular weight excluding hydrogens is 1540 g/mol. The van der Waals surface area contributed by atoms with Gasteiger partial charge in [0.05, 0.1) is 50.3 Å². The second-order valence-corrected chi connectivity index (χ2v) is 37.9. The van der Waals surface area contributed by atoms with Crippen LogP contribution in [0.15, 0.2) is 182 Å². The minimum absolute atomic E-state index is 0.0597. The zero-order valence-electron chi connectivity index (χ0n) is 70.9. The molecule has 6 amide bonds. The molecule has 612 valence electrons. The van der Waals surface area contributed by atoms with Crippen molar-refractivity contribution in [2.45, 2.75) is 144 Å². The lowest BCUT2D eigenvalue weighted by Gasteiger charge is -2.33. The maximum Gasteiger partial charge on any atom is 0.346 e. The Labute approximate surface area is 710 Å². The lowest BCUT2D eigenvalue weighted by molar-refractivity contribution is 0.0389. The molecule has 18 nitrogen and oxygen atoms in total. The number of anilines is 4. The Morgan fingerprint density at radius 1 is 0.285 bits per heavy atom. The number of fused-ring (bicyclic) bond motifs is 4. The highest BCUT2D eigenvalue weighted by Crippen LogP contribution is 2.60. The smallest absolute Gasteiger partial charge is 0.346 e. The Bertz CT molecular complexity index is 6980. The van der Waals surface area contributed by atoms with E-state index in [9.17, 15) is 9.59 Å². The Morgan fingerprint density at radius 3 is 0.902 bits per heavy atom. The summed E-state index contributed by atoms with van der Waals surface area (Å²) in [5.41, 5.74) is 6.78. The first kappa shape index (κ1) is 76.6. The zero-order valence-corrected chi connectivity index (χ0v) is 70.9. The van der Waals surface area contributed by atoms with E-state index in [-0.39, 0.29) is 95.8 Å². The molecule has 0 unspecified atom stereocenters. The van der Waals surface area contributed by atoms with Crippen LogP contribution in [0.25, 0.3) is 86.2 Å². The monoisotopic (exact) mass is 1630 g/mol. The minimum atomic E-state index is -0.735. The fraction of sp³-hybridized carbons (Fsp3) is 0.257. The van der Waals surface area contributed by atoms with Gasteiger partial charge in [-0.15, -0.1) is 0 Å². The number of carbonyl (C=O) groups excluding carboxylic acids is 8. The van der Waals surface area contributed by atoms with E-state index in [1.165, 1.54) is 4.90 Å². The van der Waals surface area contributed by atoms with Crippen molar-refractivity contribution in [2.24, 2.45) is 0 Å². The van der Waals surface area contributed by atoms with E-state index in [1.807, 2.05) is 128 Å². The van der Waals surface area contributed by atoms with Crippen LogP contribution in [0.2, 0.25) is 0 Å². The van der Waals surface area contributed by atoms with Crippen molar-refractivity contribution in [3.05, 3.63) is 249 Å². The molecule has 0 radical (unpaired) electrons. The Hall–Kier alpha value is -13.7. The van der Waals surface area contributed by atoms with Gasteiger partial charge in [0.15, 0.2) is 0 Å². The van der Waals surface area contributed by atoms with Crippen LogP contribution in [0.5, 0.6) is 46.0 Å². The molecule has 0 bridgehead atoms. The number of ether oxygens (including phenoxy) is 5. The number of imide groups is 3. The van der Waals surface area contributed by atoms with Gasteiger partial charge in [0.1, 0.15) is 46.0 Å². The van der Waals surface area contributed by atoms with Gasteiger partial charge in [0, 0.05) is 125 Å². The van der Waals surface area contributed by atoms with Gasteiger partial charge in [-0.1, -0.05) is 151 Å². The number of esters is 2. The van der Waals surface area contributed by atoms with E-state index in [0.717, 1.165) is 115 Å². The second kappa shape index (κ2) is 27.1. The average molecular weight is 1630 g/mol.